The topological polar surface area (TPSA) is 139 Å². The summed E-state index contributed by atoms with van der Waals surface area (Å²) in [4.78, 5) is 36.4. The Kier molecular flexibility index (Phi) is 9.85. The van der Waals surface area contributed by atoms with Gasteiger partial charge in [0, 0.05) is 28.5 Å². The number of benzene rings is 1. The monoisotopic (exact) mass is 654 g/mol. The largest absolute Gasteiger partial charge is 0.497 e. The van der Waals surface area contributed by atoms with E-state index in [1.807, 2.05) is 24.3 Å². The van der Waals surface area contributed by atoms with Crippen LogP contribution >= 0.6 is 11.3 Å². The van der Waals surface area contributed by atoms with Gasteiger partial charge in [-0.25, -0.2) is 27.9 Å². The van der Waals surface area contributed by atoms with Crippen LogP contribution in [-0.2, 0) is 32.6 Å². The van der Waals surface area contributed by atoms with Crippen molar-refractivity contribution in [2.75, 3.05) is 12.0 Å². The summed E-state index contributed by atoms with van der Waals surface area (Å²) in [6.45, 7) is 10.0. The van der Waals surface area contributed by atoms with Crippen molar-refractivity contribution in [3.05, 3.63) is 77.6 Å². The van der Waals surface area contributed by atoms with Gasteiger partial charge in [0.15, 0.2) is 0 Å². The third-order valence-corrected chi connectivity index (χ3v) is 9.52. The van der Waals surface area contributed by atoms with Crippen LogP contribution in [0.25, 0.3) is 10.1 Å². The van der Waals surface area contributed by atoms with E-state index >= 15 is 0 Å². The molecule has 240 valence electrons. The number of carboxylic acid groups (broad SMARTS) is 1. The zero-order chi connectivity index (χ0) is 33.2. The molecule has 0 aliphatic carbocycles. The smallest absolute Gasteiger partial charge is 0.416 e. The second-order valence-corrected chi connectivity index (χ2v) is 15.6. The van der Waals surface area contributed by atoms with Crippen molar-refractivity contribution in [3.63, 3.8) is 0 Å². The highest BCUT2D eigenvalue weighted by Gasteiger charge is 2.42. The Morgan fingerprint density at radius 3 is 2.33 bits per heavy atom. The number of carbonyl (C=O) groups is 2. The lowest BCUT2D eigenvalue weighted by Gasteiger charge is -2.37. The molecule has 0 spiro atoms. The van der Waals surface area contributed by atoms with Crippen LogP contribution in [0.15, 0.2) is 71.9 Å². The fourth-order valence-electron chi connectivity index (χ4n) is 4.70. The van der Waals surface area contributed by atoms with Crippen LogP contribution in [-0.4, -0.2) is 58.6 Å². The lowest BCUT2D eigenvalue weighted by atomic mass is 9.85. The van der Waals surface area contributed by atoms with Crippen LogP contribution < -0.4 is 9.64 Å². The molecule has 3 aromatic heterocycles. The van der Waals surface area contributed by atoms with Gasteiger partial charge in [0.05, 0.1) is 19.3 Å². The number of anilines is 1. The van der Waals surface area contributed by atoms with Crippen LogP contribution in [0.2, 0.25) is 0 Å². The molecule has 4 rings (SSSR count). The number of hydrogen-bond acceptors (Lipinski definition) is 9. The van der Waals surface area contributed by atoms with E-state index in [2.05, 4.69) is 9.97 Å². The van der Waals surface area contributed by atoms with E-state index in [0.717, 1.165) is 19.9 Å². The molecular weight excluding hydrogens is 617 g/mol. The van der Waals surface area contributed by atoms with Gasteiger partial charge in [0.25, 0.3) is 0 Å². The van der Waals surface area contributed by atoms with Crippen molar-refractivity contribution >= 4 is 49.3 Å². The fourth-order valence-corrected chi connectivity index (χ4v) is 7.24. The SMILES string of the molecule is COc1ccc2cc(CN(Cc3cccc(N(C(=O)OC(C)(C)C)C(C(=O)O)C(C)(C)C)n3)S(=O)(=O)c3cccnc3)sc2c1. The number of carbonyl (C=O) groups excluding carboxylic acids is 1. The molecule has 0 aliphatic rings. The molecule has 1 N–H and O–H groups in total. The fraction of sp³-hybridized carbons (Fsp3) is 0.375. The molecule has 13 heteroatoms. The first-order valence-corrected chi connectivity index (χ1v) is 16.4. The van der Waals surface area contributed by atoms with Crippen molar-refractivity contribution in [3.8, 4) is 5.75 Å². The van der Waals surface area contributed by atoms with Crippen LogP contribution in [0, 0.1) is 5.41 Å². The predicted molar refractivity (Wildman–Crippen MR) is 173 cm³/mol. The van der Waals surface area contributed by atoms with Gasteiger partial charge in [0.1, 0.15) is 28.1 Å². The molecule has 1 unspecified atom stereocenters. The molecule has 1 aromatic carbocycles. The second kappa shape index (κ2) is 13.1. The number of aliphatic carboxylic acids is 1. The summed E-state index contributed by atoms with van der Waals surface area (Å²) in [7, 11) is -2.47. The van der Waals surface area contributed by atoms with Gasteiger partial charge in [0.2, 0.25) is 10.0 Å². The molecular formula is C32H38N4O7S2. The van der Waals surface area contributed by atoms with Crippen molar-refractivity contribution in [1.29, 1.82) is 0 Å². The van der Waals surface area contributed by atoms with Gasteiger partial charge in [-0.15, -0.1) is 11.3 Å². The Morgan fingerprint density at radius 2 is 1.73 bits per heavy atom. The number of thiophene rings is 1. The minimum absolute atomic E-state index is 0.0120. The molecule has 45 heavy (non-hydrogen) atoms. The van der Waals surface area contributed by atoms with Crippen LogP contribution in [0.4, 0.5) is 10.6 Å². The number of carboxylic acids is 1. The van der Waals surface area contributed by atoms with E-state index in [4.69, 9.17) is 9.47 Å². The maximum absolute atomic E-state index is 13.9. The Morgan fingerprint density at radius 1 is 1.00 bits per heavy atom. The zero-order valence-electron chi connectivity index (χ0n) is 26.3. The number of sulfonamides is 1. The number of methoxy groups -OCH3 is 1. The first-order valence-electron chi connectivity index (χ1n) is 14.2. The summed E-state index contributed by atoms with van der Waals surface area (Å²) in [5, 5.41) is 11.2. The molecule has 3 heterocycles. The van der Waals surface area contributed by atoms with Crippen molar-refractivity contribution in [2.45, 2.75) is 71.2 Å². The van der Waals surface area contributed by atoms with Gasteiger partial charge in [-0.05, 0) is 80.1 Å². The van der Waals surface area contributed by atoms with E-state index in [1.165, 1.54) is 40.2 Å². The summed E-state index contributed by atoms with van der Waals surface area (Å²) in [5.74, 6) is -0.513. The summed E-state index contributed by atoms with van der Waals surface area (Å²) in [6, 6.07) is 14.0. The third kappa shape index (κ3) is 8.16. The zero-order valence-corrected chi connectivity index (χ0v) is 28.0. The first kappa shape index (κ1) is 33.8. The summed E-state index contributed by atoms with van der Waals surface area (Å²) in [6.07, 6.45) is 1.90. The van der Waals surface area contributed by atoms with E-state index in [0.29, 0.717) is 11.4 Å². The van der Waals surface area contributed by atoms with Crippen LogP contribution in [0.3, 0.4) is 0 Å². The maximum atomic E-state index is 13.9. The number of hydrogen-bond donors (Lipinski definition) is 1. The predicted octanol–water partition coefficient (Wildman–Crippen LogP) is 6.33. The van der Waals surface area contributed by atoms with E-state index < -0.39 is 39.1 Å². The molecule has 0 saturated carbocycles. The minimum atomic E-state index is -4.06. The van der Waals surface area contributed by atoms with E-state index in [-0.39, 0.29) is 23.8 Å². The van der Waals surface area contributed by atoms with Crippen molar-refractivity contribution in [1.82, 2.24) is 14.3 Å². The van der Waals surface area contributed by atoms with Crippen molar-refractivity contribution in [2.24, 2.45) is 5.41 Å². The molecule has 0 aliphatic heterocycles. The highest BCUT2D eigenvalue weighted by molar-refractivity contribution is 7.89. The average Bonchev–Trinajstić information content (AvgIpc) is 3.35. The Balaban J connectivity index is 1.77. The van der Waals surface area contributed by atoms with Gasteiger partial charge < -0.3 is 14.6 Å². The van der Waals surface area contributed by atoms with Gasteiger partial charge in [-0.3, -0.25) is 4.98 Å². The molecule has 4 aromatic rings. The molecule has 1 amide bonds. The number of amides is 1. The van der Waals surface area contributed by atoms with E-state index in [1.54, 1.807) is 66.9 Å². The summed E-state index contributed by atoms with van der Waals surface area (Å²) >= 11 is 1.45. The number of pyridine rings is 2. The van der Waals surface area contributed by atoms with Gasteiger partial charge in [-0.1, -0.05) is 26.8 Å². The number of fused-ring (bicyclic) bond motifs is 1. The minimum Gasteiger partial charge on any atom is -0.497 e. The van der Waals surface area contributed by atoms with Gasteiger partial charge in [-0.2, -0.15) is 4.31 Å². The second-order valence-electron chi connectivity index (χ2n) is 12.5. The average molecular weight is 655 g/mol. The lowest BCUT2D eigenvalue weighted by molar-refractivity contribution is -0.141. The Labute approximate surface area is 267 Å². The van der Waals surface area contributed by atoms with Gasteiger partial charge >= 0.3 is 12.1 Å². The molecule has 0 bridgehead atoms. The molecule has 1 atom stereocenters. The highest BCUT2D eigenvalue weighted by Crippen LogP contribution is 2.33. The third-order valence-electron chi connectivity index (χ3n) is 6.66. The normalized spacial score (nSPS) is 13.1. The number of ether oxygens (including phenoxy) is 2. The highest BCUT2D eigenvalue weighted by atomic mass is 32.2. The first-order chi connectivity index (χ1) is 21.0. The number of aromatic nitrogens is 2. The Bertz CT molecular complexity index is 1780. The maximum Gasteiger partial charge on any atom is 0.416 e. The molecule has 0 saturated heterocycles. The Hall–Kier alpha value is -4.07. The lowest BCUT2D eigenvalue weighted by Crippen LogP contribution is -2.54. The molecule has 11 nitrogen and oxygen atoms in total. The van der Waals surface area contributed by atoms with Crippen LogP contribution in [0.1, 0.15) is 52.1 Å². The standard InChI is InChI=1S/C32H38N4O7S2/c1-31(2,3)28(29(37)38)36(30(39)43-32(4,5)6)27-12-8-10-22(34-27)19-35(45(40,41)25-11-9-15-33-18-25)20-24-16-21-13-14-23(42-7)17-26(21)44-24/h8-18,28H,19-20H2,1-7H3,(H,37,38). The van der Waals surface area contributed by atoms with E-state index in [9.17, 15) is 23.1 Å². The van der Waals surface area contributed by atoms with Crippen LogP contribution in [0.5, 0.6) is 5.75 Å². The summed E-state index contributed by atoms with van der Waals surface area (Å²) < 4.78 is 41.1. The number of nitrogens with zero attached hydrogens (tertiary/aromatic N) is 4. The molecule has 0 radical (unpaired) electrons. The summed E-state index contributed by atoms with van der Waals surface area (Å²) in [5.41, 5.74) is -1.51. The number of rotatable bonds is 10. The molecule has 0 fully saturated rings. The quantitative estimate of drug-likeness (QED) is 0.208. The van der Waals surface area contributed by atoms with Crippen molar-refractivity contribution < 1.29 is 32.6 Å².